The van der Waals surface area contributed by atoms with Gasteiger partial charge in [0.25, 0.3) is 0 Å². The molecule has 0 spiro atoms. The zero-order valence-electron chi connectivity index (χ0n) is 10.9. The first-order valence-electron chi connectivity index (χ1n) is 6.00. The molecule has 0 nitrogen and oxygen atoms in total. The quantitative estimate of drug-likeness (QED) is 0.636. The van der Waals surface area contributed by atoms with E-state index in [1.54, 1.807) is 0 Å². The second-order valence-corrected chi connectivity index (χ2v) is 3.75. The molecule has 0 aliphatic rings. The van der Waals surface area contributed by atoms with Crippen molar-refractivity contribution in [1.82, 2.24) is 0 Å². The highest BCUT2D eigenvalue weighted by Gasteiger charge is 2.03. The third-order valence-corrected chi connectivity index (χ3v) is 2.76. The maximum absolute atomic E-state index is 12.8. The number of halogens is 1. The monoisotopic (exact) mass is 230 g/mol. The van der Waals surface area contributed by atoms with Crippen LogP contribution in [0.15, 0.2) is 42.5 Å². The Hall–Kier alpha value is -1.63. The topological polar surface area (TPSA) is 0 Å². The first-order chi connectivity index (χ1) is 8.18. The summed E-state index contributed by atoms with van der Waals surface area (Å²) in [4.78, 5) is 0. The molecule has 2 rings (SSSR count). The van der Waals surface area contributed by atoms with E-state index in [0.29, 0.717) is 0 Å². The minimum Gasteiger partial charge on any atom is -0.207 e. The molecule has 0 aliphatic heterocycles. The van der Waals surface area contributed by atoms with Gasteiger partial charge in [-0.2, -0.15) is 0 Å². The number of hydrogen-bond acceptors (Lipinski definition) is 0. The van der Waals surface area contributed by atoms with Gasteiger partial charge in [0, 0.05) is 0 Å². The summed E-state index contributed by atoms with van der Waals surface area (Å²) in [6, 6.07) is 12.8. The van der Waals surface area contributed by atoms with Gasteiger partial charge in [0.2, 0.25) is 0 Å². The Morgan fingerprint density at radius 1 is 0.824 bits per heavy atom. The van der Waals surface area contributed by atoms with Gasteiger partial charge >= 0.3 is 0 Å². The molecule has 17 heavy (non-hydrogen) atoms. The normalized spacial score (nSPS) is 9.47. The Kier molecular flexibility index (Phi) is 4.89. The Morgan fingerprint density at radius 3 is 2.00 bits per heavy atom. The van der Waals surface area contributed by atoms with Crippen molar-refractivity contribution in [2.24, 2.45) is 0 Å². The minimum atomic E-state index is -0.191. The molecule has 0 fully saturated rings. The maximum Gasteiger partial charge on any atom is 0.123 e. The first kappa shape index (κ1) is 13.4. The van der Waals surface area contributed by atoms with Gasteiger partial charge in [-0.15, -0.1) is 0 Å². The van der Waals surface area contributed by atoms with E-state index >= 15 is 0 Å². The van der Waals surface area contributed by atoms with Gasteiger partial charge < -0.3 is 0 Å². The number of benzene rings is 2. The molecular weight excluding hydrogens is 211 g/mol. The van der Waals surface area contributed by atoms with Crippen LogP contribution in [0.25, 0.3) is 11.1 Å². The van der Waals surface area contributed by atoms with Crippen LogP contribution in [0.1, 0.15) is 25.0 Å². The Bertz CT molecular complexity index is 469. The van der Waals surface area contributed by atoms with E-state index in [0.717, 1.165) is 5.56 Å². The molecule has 0 N–H and O–H groups in total. The average Bonchev–Trinajstić information content (AvgIpc) is 2.37. The van der Waals surface area contributed by atoms with E-state index in [-0.39, 0.29) is 5.82 Å². The lowest BCUT2D eigenvalue weighted by molar-refractivity contribution is 0.628. The summed E-state index contributed by atoms with van der Waals surface area (Å²) < 4.78 is 12.8. The molecule has 2 aromatic carbocycles. The molecular formula is C16H19F. The zero-order chi connectivity index (χ0) is 12.8. The molecule has 0 radical (unpaired) electrons. The van der Waals surface area contributed by atoms with Crippen LogP contribution in [-0.4, -0.2) is 0 Å². The fourth-order valence-electron chi connectivity index (χ4n) is 1.69. The van der Waals surface area contributed by atoms with E-state index < -0.39 is 0 Å². The highest BCUT2D eigenvalue weighted by Crippen LogP contribution is 2.25. The summed E-state index contributed by atoms with van der Waals surface area (Å²) >= 11 is 0. The van der Waals surface area contributed by atoms with E-state index in [1.807, 2.05) is 32.0 Å². The average molecular weight is 230 g/mol. The van der Waals surface area contributed by atoms with Crippen LogP contribution >= 0.6 is 0 Å². The van der Waals surface area contributed by atoms with Gasteiger partial charge in [-0.1, -0.05) is 44.2 Å². The zero-order valence-corrected chi connectivity index (χ0v) is 10.9. The predicted molar refractivity (Wildman–Crippen MR) is 72.7 cm³/mol. The van der Waals surface area contributed by atoms with Gasteiger partial charge in [0.15, 0.2) is 0 Å². The van der Waals surface area contributed by atoms with E-state index in [1.165, 1.54) is 28.8 Å². The van der Waals surface area contributed by atoms with Crippen LogP contribution in [0.2, 0.25) is 0 Å². The summed E-state index contributed by atoms with van der Waals surface area (Å²) in [5, 5.41) is 0. The third-order valence-electron chi connectivity index (χ3n) is 2.76. The van der Waals surface area contributed by atoms with Crippen molar-refractivity contribution >= 4 is 0 Å². The van der Waals surface area contributed by atoms with Gasteiger partial charge in [0.1, 0.15) is 5.82 Å². The number of rotatable bonds is 1. The molecule has 0 aliphatic carbocycles. The fourth-order valence-corrected chi connectivity index (χ4v) is 1.69. The molecule has 90 valence electrons. The lowest BCUT2D eigenvalue weighted by Crippen LogP contribution is -1.86. The molecule has 0 atom stereocenters. The summed E-state index contributed by atoms with van der Waals surface area (Å²) in [5.41, 5.74) is 4.76. The molecule has 0 aromatic heterocycles. The number of aryl methyl sites for hydroxylation is 1. The highest BCUT2D eigenvalue weighted by molar-refractivity contribution is 5.68. The summed E-state index contributed by atoms with van der Waals surface area (Å²) in [6.45, 7) is 8.18. The van der Waals surface area contributed by atoms with Crippen molar-refractivity contribution in [3.8, 4) is 11.1 Å². The standard InChI is InChI=1S/C14H13F.C2H6/c1-10-4-3-5-14(11(10)2)12-6-8-13(15)9-7-12;1-2/h3-9H,1-2H3;1-2H3. The summed E-state index contributed by atoms with van der Waals surface area (Å²) in [5.74, 6) is -0.191. The van der Waals surface area contributed by atoms with E-state index in [2.05, 4.69) is 26.0 Å². The van der Waals surface area contributed by atoms with Crippen LogP contribution < -0.4 is 0 Å². The smallest absolute Gasteiger partial charge is 0.123 e. The van der Waals surface area contributed by atoms with Crippen LogP contribution in [0.5, 0.6) is 0 Å². The Morgan fingerprint density at radius 2 is 1.41 bits per heavy atom. The second-order valence-electron chi connectivity index (χ2n) is 3.75. The predicted octanol–water partition coefficient (Wildman–Crippen LogP) is 5.14. The lowest BCUT2D eigenvalue weighted by Gasteiger charge is -2.08. The first-order valence-corrected chi connectivity index (χ1v) is 6.00. The summed E-state index contributed by atoms with van der Waals surface area (Å²) in [7, 11) is 0. The highest BCUT2D eigenvalue weighted by atomic mass is 19.1. The van der Waals surface area contributed by atoms with Crippen LogP contribution in [-0.2, 0) is 0 Å². The van der Waals surface area contributed by atoms with Crippen molar-refractivity contribution in [3.63, 3.8) is 0 Å². The van der Waals surface area contributed by atoms with Crippen molar-refractivity contribution < 1.29 is 4.39 Å². The summed E-state index contributed by atoms with van der Waals surface area (Å²) in [6.07, 6.45) is 0. The van der Waals surface area contributed by atoms with Gasteiger partial charge in [0.05, 0.1) is 0 Å². The molecule has 0 bridgehead atoms. The molecule has 0 saturated carbocycles. The van der Waals surface area contributed by atoms with Crippen LogP contribution in [0.4, 0.5) is 4.39 Å². The van der Waals surface area contributed by atoms with Gasteiger partial charge in [-0.3, -0.25) is 0 Å². The number of hydrogen-bond donors (Lipinski definition) is 0. The molecule has 0 heterocycles. The van der Waals surface area contributed by atoms with Crippen molar-refractivity contribution in [1.29, 1.82) is 0 Å². The van der Waals surface area contributed by atoms with Crippen molar-refractivity contribution in [3.05, 3.63) is 59.4 Å². The van der Waals surface area contributed by atoms with Crippen molar-refractivity contribution in [2.45, 2.75) is 27.7 Å². The Labute approximate surface area is 103 Å². The van der Waals surface area contributed by atoms with E-state index in [9.17, 15) is 4.39 Å². The second kappa shape index (κ2) is 6.19. The fraction of sp³-hybridized carbons (Fsp3) is 0.250. The van der Waals surface area contributed by atoms with Gasteiger partial charge in [-0.05, 0) is 48.2 Å². The van der Waals surface area contributed by atoms with Gasteiger partial charge in [-0.25, -0.2) is 4.39 Å². The van der Waals surface area contributed by atoms with Crippen LogP contribution in [0.3, 0.4) is 0 Å². The molecule has 1 heteroatoms. The minimum absolute atomic E-state index is 0.191. The molecule has 0 saturated heterocycles. The third kappa shape index (κ3) is 3.16. The SMILES string of the molecule is CC.Cc1cccc(-c2ccc(F)cc2)c1C. The van der Waals surface area contributed by atoms with Crippen molar-refractivity contribution in [2.75, 3.05) is 0 Å². The molecule has 2 aromatic rings. The van der Waals surface area contributed by atoms with Crippen LogP contribution in [0, 0.1) is 19.7 Å². The molecule has 0 amide bonds. The maximum atomic E-state index is 12.8. The lowest BCUT2D eigenvalue weighted by atomic mass is 9.97. The Balaban J connectivity index is 0.000000686. The van der Waals surface area contributed by atoms with E-state index in [4.69, 9.17) is 0 Å². The molecule has 0 unspecified atom stereocenters. The largest absolute Gasteiger partial charge is 0.207 e.